The summed E-state index contributed by atoms with van der Waals surface area (Å²) < 4.78 is 1.89. The third kappa shape index (κ3) is 2.15. The summed E-state index contributed by atoms with van der Waals surface area (Å²) in [6, 6.07) is 1.96. The van der Waals surface area contributed by atoms with Crippen molar-refractivity contribution < 1.29 is 0 Å². The Morgan fingerprint density at radius 3 is 2.93 bits per heavy atom. The zero-order chi connectivity index (χ0) is 10.7. The summed E-state index contributed by atoms with van der Waals surface area (Å²) >= 11 is 0. The molecule has 1 N–H and O–H groups in total. The molecule has 2 rings (SSSR count). The van der Waals surface area contributed by atoms with Crippen LogP contribution >= 0.6 is 0 Å². The van der Waals surface area contributed by atoms with Gasteiger partial charge in [0, 0.05) is 30.8 Å². The second-order valence-corrected chi connectivity index (χ2v) is 3.40. The fourth-order valence-electron chi connectivity index (χ4n) is 1.37. The lowest BCUT2D eigenvalue weighted by molar-refractivity contribution is 0.660. The SMILES string of the molecule is CCn1cc(Nc2ccncc2C)cn1. The first-order chi connectivity index (χ1) is 7.29. The van der Waals surface area contributed by atoms with Crippen molar-refractivity contribution in [3.8, 4) is 0 Å². The van der Waals surface area contributed by atoms with E-state index >= 15 is 0 Å². The zero-order valence-corrected chi connectivity index (χ0v) is 8.94. The number of aryl methyl sites for hydroxylation is 2. The van der Waals surface area contributed by atoms with Crippen LogP contribution in [-0.4, -0.2) is 14.8 Å². The maximum atomic E-state index is 4.20. The van der Waals surface area contributed by atoms with E-state index in [1.807, 2.05) is 36.3 Å². The Hall–Kier alpha value is -1.84. The van der Waals surface area contributed by atoms with E-state index in [2.05, 4.69) is 22.3 Å². The minimum atomic E-state index is 0.886. The fraction of sp³-hybridized carbons (Fsp3) is 0.273. The molecule has 0 fully saturated rings. The number of hydrogen-bond acceptors (Lipinski definition) is 3. The second kappa shape index (κ2) is 4.13. The van der Waals surface area contributed by atoms with Gasteiger partial charge in [0.2, 0.25) is 0 Å². The lowest BCUT2D eigenvalue weighted by Gasteiger charge is -2.05. The molecule has 0 aliphatic rings. The van der Waals surface area contributed by atoms with Crippen molar-refractivity contribution >= 4 is 11.4 Å². The molecule has 0 aromatic carbocycles. The average Bonchev–Trinajstić information content (AvgIpc) is 2.69. The van der Waals surface area contributed by atoms with Crippen molar-refractivity contribution in [3.63, 3.8) is 0 Å². The van der Waals surface area contributed by atoms with Crippen molar-refractivity contribution in [2.24, 2.45) is 0 Å². The highest BCUT2D eigenvalue weighted by atomic mass is 15.3. The summed E-state index contributed by atoms with van der Waals surface area (Å²) in [5.41, 5.74) is 3.20. The quantitative estimate of drug-likeness (QED) is 0.830. The molecule has 2 aromatic heterocycles. The predicted molar refractivity (Wildman–Crippen MR) is 60.2 cm³/mol. The first-order valence-corrected chi connectivity index (χ1v) is 4.99. The van der Waals surface area contributed by atoms with E-state index < -0.39 is 0 Å². The molecule has 4 nitrogen and oxygen atoms in total. The average molecular weight is 202 g/mol. The Labute approximate surface area is 89.0 Å². The number of rotatable bonds is 3. The number of anilines is 2. The van der Waals surface area contributed by atoms with Crippen molar-refractivity contribution in [1.82, 2.24) is 14.8 Å². The topological polar surface area (TPSA) is 42.7 Å². The normalized spacial score (nSPS) is 10.3. The summed E-state index contributed by atoms with van der Waals surface area (Å²) in [5.74, 6) is 0. The molecule has 0 amide bonds. The molecular weight excluding hydrogens is 188 g/mol. The second-order valence-electron chi connectivity index (χ2n) is 3.40. The van der Waals surface area contributed by atoms with Crippen LogP contribution in [-0.2, 0) is 6.54 Å². The van der Waals surface area contributed by atoms with Gasteiger partial charge in [-0.25, -0.2) is 0 Å². The summed E-state index contributed by atoms with van der Waals surface area (Å²) in [4.78, 5) is 4.05. The van der Waals surface area contributed by atoms with Gasteiger partial charge in [0.15, 0.2) is 0 Å². The van der Waals surface area contributed by atoms with Crippen molar-refractivity contribution in [3.05, 3.63) is 36.4 Å². The Balaban J connectivity index is 2.18. The number of nitrogens with zero attached hydrogens (tertiary/aromatic N) is 3. The van der Waals surface area contributed by atoms with E-state index in [0.717, 1.165) is 23.5 Å². The van der Waals surface area contributed by atoms with Crippen LogP contribution in [0.25, 0.3) is 0 Å². The highest BCUT2D eigenvalue weighted by molar-refractivity contribution is 5.60. The minimum absolute atomic E-state index is 0.886. The van der Waals surface area contributed by atoms with Gasteiger partial charge >= 0.3 is 0 Å². The number of aromatic nitrogens is 3. The smallest absolute Gasteiger partial charge is 0.0770 e. The summed E-state index contributed by atoms with van der Waals surface area (Å²) in [5, 5.41) is 7.50. The molecule has 0 spiro atoms. The lowest BCUT2D eigenvalue weighted by atomic mass is 10.2. The van der Waals surface area contributed by atoms with E-state index in [-0.39, 0.29) is 0 Å². The van der Waals surface area contributed by atoms with Crippen molar-refractivity contribution in [2.75, 3.05) is 5.32 Å². The van der Waals surface area contributed by atoms with Crippen LogP contribution in [0.3, 0.4) is 0 Å². The first kappa shape index (κ1) is 9.71. The third-order valence-electron chi connectivity index (χ3n) is 2.26. The molecule has 78 valence electrons. The molecule has 0 saturated carbocycles. The number of hydrogen-bond donors (Lipinski definition) is 1. The molecular formula is C11H14N4. The van der Waals surface area contributed by atoms with Crippen LogP contribution in [0.5, 0.6) is 0 Å². The van der Waals surface area contributed by atoms with Crippen LogP contribution in [0.2, 0.25) is 0 Å². The predicted octanol–water partition coefficient (Wildman–Crippen LogP) is 2.35. The number of nitrogens with one attached hydrogen (secondary N) is 1. The maximum absolute atomic E-state index is 4.20. The zero-order valence-electron chi connectivity index (χ0n) is 8.94. The van der Waals surface area contributed by atoms with E-state index in [1.165, 1.54) is 0 Å². The Bertz CT molecular complexity index is 447. The van der Waals surface area contributed by atoms with Gasteiger partial charge < -0.3 is 5.32 Å². The van der Waals surface area contributed by atoms with Crippen molar-refractivity contribution in [1.29, 1.82) is 0 Å². The number of pyridine rings is 1. The Morgan fingerprint density at radius 2 is 2.27 bits per heavy atom. The van der Waals surface area contributed by atoms with Gasteiger partial charge in [-0.2, -0.15) is 5.10 Å². The van der Waals surface area contributed by atoms with Crippen LogP contribution in [0, 0.1) is 6.92 Å². The van der Waals surface area contributed by atoms with Gasteiger partial charge in [-0.15, -0.1) is 0 Å². The molecule has 0 aliphatic carbocycles. The molecule has 0 aliphatic heterocycles. The summed E-state index contributed by atoms with van der Waals surface area (Å²) in [6.45, 7) is 4.98. The van der Waals surface area contributed by atoms with E-state index in [9.17, 15) is 0 Å². The molecule has 2 heterocycles. The third-order valence-corrected chi connectivity index (χ3v) is 2.26. The van der Waals surface area contributed by atoms with Crippen LogP contribution in [0.15, 0.2) is 30.9 Å². The van der Waals surface area contributed by atoms with Gasteiger partial charge in [-0.1, -0.05) is 0 Å². The fourth-order valence-corrected chi connectivity index (χ4v) is 1.37. The van der Waals surface area contributed by atoms with Gasteiger partial charge in [0.25, 0.3) is 0 Å². The molecule has 0 bridgehead atoms. The lowest BCUT2D eigenvalue weighted by Crippen LogP contribution is -1.94. The van der Waals surface area contributed by atoms with Crippen LogP contribution in [0.1, 0.15) is 12.5 Å². The molecule has 0 radical (unpaired) electrons. The molecule has 0 atom stereocenters. The van der Waals surface area contributed by atoms with Crippen LogP contribution < -0.4 is 5.32 Å². The Morgan fingerprint density at radius 1 is 1.40 bits per heavy atom. The van der Waals surface area contributed by atoms with Crippen LogP contribution in [0.4, 0.5) is 11.4 Å². The molecule has 4 heteroatoms. The van der Waals surface area contributed by atoms with Gasteiger partial charge in [-0.3, -0.25) is 9.67 Å². The first-order valence-electron chi connectivity index (χ1n) is 4.99. The van der Waals surface area contributed by atoms with Gasteiger partial charge in [-0.05, 0) is 25.5 Å². The minimum Gasteiger partial charge on any atom is -0.353 e. The molecule has 2 aromatic rings. The summed E-state index contributed by atoms with van der Waals surface area (Å²) in [6.07, 6.45) is 7.43. The standard InChI is InChI=1S/C11H14N4/c1-3-15-8-10(7-13-15)14-11-4-5-12-6-9(11)2/h4-8H,3H2,1-2H3,(H,12,14). The molecule has 0 unspecified atom stereocenters. The largest absolute Gasteiger partial charge is 0.353 e. The van der Waals surface area contributed by atoms with E-state index in [4.69, 9.17) is 0 Å². The summed E-state index contributed by atoms with van der Waals surface area (Å²) in [7, 11) is 0. The Kier molecular flexibility index (Phi) is 2.67. The van der Waals surface area contributed by atoms with Crippen molar-refractivity contribution in [2.45, 2.75) is 20.4 Å². The highest BCUT2D eigenvalue weighted by Gasteiger charge is 2.00. The molecule has 0 saturated heterocycles. The monoisotopic (exact) mass is 202 g/mol. The van der Waals surface area contributed by atoms with E-state index in [1.54, 1.807) is 6.20 Å². The maximum Gasteiger partial charge on any atom is 0.0770 e. The van der Waals surface area contributed by atoms with E-state index in [0.29, 0.717) is 0 Å². The van der Waals surface area contributed by atoms with Gasteiger partial charge in [0.05, 0.1) is 11.9 Å². The van der Waals surface area contributed by atoms with Gasteiger partial charge in [0.1, 0.15) is 0 Å². The molecule has 15 heavy (non-hydrogen) atoms. The highest BCUT2D eigenvalue weighted by Crippen LogP contribution is 2.18.